The lowest BCUT2D eigenvalue weighted by Crippen LogP contribution is -2.33. The van der Waals surface area contributed by atoms with Crippen molar-refractivity contribution in [3.8, 4) is 0 Å². The van der Waals surface area contributed by atoms with Crippen molar-refractivity contribution >= 4 is 22.9 Å². The summed E-state index contributed by atoms with van der Waals surface area (Å²) in [6.07, 6.45) is 2.95. The average molecular weight is 361 g/mol. The molecule has 2 aromatic carbocycles. The highest BCUT2D eigenvalue weighted by atomic mass is 16.1. The summed E-state index contributed by atoms with van der Waals surface area (Å²) in [5, 5.41) is 3.83. The van der Waals surface area contributed by atoms with E-state index in [0.29, 0.717) is 12.1 Å². The highest BCUT2D eigenvalue weighted by molar-refractivity contribution is 5.92. The number of H-pyrrole nitrogens is 1. The van der Waals surface area contributed by atoms with E-state index in [9.17, 15) is 9.59 Å². The van der Waals surface area contributed by atoms with Crippen molar-refractivity contribution < 1.29 is 4.79 Å². The minimum atomic E-state index is -0.231. The van der Waals surface area contributed by atoms with Crippen LogP contribution in [0.5, 0.6) is 0 Å². The second-order valence-electron chi connectivity index (χ2n) is 6.61. The summed E-state index contributed by atoms with van der Waals surface area (Å²) in [4.78, 5) is 29.2. The first-order chi connectivity index (χ1) is 13.0. The van der Waals surface area contributed by atoms with Gasteiger partial charge in [0, 0.05) is 23.7 Å². The summed E-state index contributed by atoms with van der Waals surface area (Å²) in [7, 11) is 3.96. The van der Waals surface area contributed by atoms with Crippen molar-refractivity contribution in [3.05, 3.63) is 88.2 Å². The molecule has 1 heterocycles. The van der Waals surface area contributed by atoms with Gasteiger partial charge in [0.05, 0.1) is 6.04 Å². The summed E-state index contributed by atoms with van der Waals surface area (Å²) < 4.78 is 0. The Bertz CT molecular complexity index is 1010. The molecule has 1 unspecified atom stereocenters. The van der Waals surface area contributed by atoms with Crippen molar-refractivity contribution in [2.75, 3.05) is 20.6 Å². The van der Waals surface area contributed by atoms with Crippen LogP contribution in [-0.2, 0) is 4.79 Å². The molecule has 5 nitrogen and oxygen atoms in total. The molecule has 5 heteroatoms. The number of hydrogen-bond donors (Lipinski definition) is 2. The fourth-order valence-electron chi connectivity index (χ4n) is 2.98. The number of benzene rings is 2. The minimum absolute atomic E-state index is 0.0765. The molecule has 0 fully saturated rings. The first kappa shape index (κ1) is 18.6. The molecule has 3 aromatic rings. The van der Waals surface area contributed by atoms with Gasteiger partial charge in [-0.05, 0) is 43.3 Å². The van der Waals surface area contributed by atoms with Crippen LogP contribution in [0, 0.1) is 0 Å². The number of carbonyl (C=O) groups is 1. The van der Waals surface area contributed by atoms with Crippen molar-refractivity contribution in [2.24, 2.45) is 0 Å². The summed E-state index contributed by atoms with van der Waals surface area (Å²) >= 11 is 0. The molecule has 0 saturated heterocycles. The van der Waals surface area contributed by atoms with Crippen LogP contribution in [0.2, 0.25) is 0 Å². The molecule has 0 aliphatic rings. The van der Waals surface area contributed by atoms with Crippen molar-refractivity contribution in [3.63, 3.8) is 0 Å². The lowest BCUT2D eigenvalue weighted by atomic mass is 10.1. The molecule has 0 aliphatic carbocycles. The summed E-state index contributed by atoms with van der Waals surface area (Å²) in [6, 6.07) is 19.4. The molecule has 0 saturated carbocycles. The SMILES string of the molecule is CN(C)C(CNC(=O)/C=C/c1cc2ccccc2[nH]c1=O)c1ccccc1. The number of nitrogens with one attached hydrogen (secondary N) is 2. The largest absolute Gasteiger partial charge is 0.351 e. The number of rotatable bonds is 6. The number of fused-ring (bicyclic) bond motifs is 1. The number of para-hydroxylation sites is 1. The van der Waals surface area contributed by atoms with Crippen molar-refractivity contribution in [2.45, 2.75) is 6.04 Å². The molecular weight excluding hydrogens is 338 g/mol. The van der Waals surface area contributed by atoms with E-state index < -0.39 is 0 Å². The van der Waals surface area contributed by atoms with E-state index in [1.807, 2.05) is 68.7 Å². The van der Waals surface area contributed by atoms with Crippen molar-refractivity contribution in [1.29, 1.82) is 0 Å². The van der Waals surface area contributed by atoms with E-state index in [0.717, 1.165) is 16.5 Å². The molecule has 0 radical (unpaired) electrons. The monoisotopic (exact) mass is 361 g/mol. The molecule has 1 atom stereocenters. The van der Waals surface area contributed by atoms with Gasteiger partial charge in [0.15, 0.2) is 0 Å². The standard InChI is InChI=1S/C22H23N3O2/c1-25(2)20(16-8-4-3-5-9-16)15-23-21(26)13-12-18-14-17-10-6-7-11-19(17)24-22(18)27/h3-14,20H,15H2,1-2H3,(H,23,26)(H,24,27)/b13-12+. The third kappa shape index (κ3) is 4.71. The Labute approximate surface area is 158 Å². The zero-order chi connectivity index (χ0) is 19.2. The summed E-state index contributed by atoms with van der Waals surface area (Å²) in [5.74, 6) is -0.231. The van der Waals surface area contributed by atoms with Crippen LogP contribution in [-0.4, -0.2) is 36.4 Å². The Morgan fingerprint density at radius 2 is 1.81 bits per heavy atom. The molecule has 0 spiro atoms. The Morgan fingerprint density at radius 3 is 2.56 bits per heavy atom. The van der Waals surface area contributed by atoms with Crippen LogP contribution in [0.15, 0.2) is 71.5 Å². The van der Waals surface area contributed by atoms with Gasteiger partial charge in [-0.3, -0.25) is 9.59 Å². The third-order valence-electron chi connectivity index (χ3n) is 4.47. The van der Waals surface area contributed by atoms with Crippen LogP contribution < -0.4 is 10.9 Å². The van der Waals surface area contributed by atoms with E-state index in [2.05, 4.69) is 15.2 Å². The van der Waals surface area contributed by atoms with Gasteiger partial charge in [-0.2, -0.15) is 0 Å². The lowest BCUT2D eigenvalue weighted by molar-refractivity contribution is -0.116. The maximum absolute atomic E-state index is 12.2. The first-order valence-corrected chi connectivity index (χ1v) is 8.84. The molecular formula is C22H23N3O2. The quantitative estimate of drug-likeness (QED) is 0.664. The fraction of sp³-hybridized carbons (Fsp3) is 0.182. The number of nitrogens with zero attached hydrogens (tertiary/aromatic N) is 1. The number of hydrogen-bond acceptors (Lipinski definition) is 3. The number of pyridine rings is 1. The molecule has 0 aliphatic heterocycles. The van der Waals surface area contributed by atoms with Gasteiger partial charge in [0.2, 0.25) is 5.91 Å². The highest BCUT2D eigenvalue weighted by Gasteiger charge is 2.14. The van der Waals surface area contributed by atoms with Gasteiger partial charge < -0.3 is 15.2 Å². The van der Waals surface area contributed by atoms with Crippen LogP contribution >= 0.6 is 0 Å². The third-order valence-corrected chi connectivity index (χ3v) is 4.47. The van der Waals surface area contributed by atoms with E-state index in [4.69, 9.17) is 0 Å². The van der Waals surface area contributed by atoms with E-state index >= 15 is 0 Å². The maximum Gasteiger partial charge on any atom is 0.255 e. The summed E-state index contributed by atoms with van der Waals surface area (Å²) in [5.41, 5.74) is 2.16. The van der Waals surface area contributed by atoms with Gasteiger partial charge in [-0.1, -0.05) is 48.5 Å². The number of aromatic amines is 1. The Hall–Kier alpha value is -3.18. The molecule has 1 amide bonds. The minimum Gasteiger partial charge on any atom is -0.351 e. The zero-order valence-corrected chi connectivity index (χ0v) is 15.5. The first-order valence-electron chi connectivity index (χ1n) is 8.84. The van der Waals surface area contributed by atoms with Crippen LogP contribution in [0.25, 0.3) is 17.0 Å². The summed E-state index contributed by atoms with van der Waals surface area (Å²) in [6.45, 7) is 0.480. The normalized spacial score (nSPS) is 12.6. The van der Waals surface area contributed by atoms with Gasteiger partial charge in [-0.15, -0.1) is 0 Å². The molecule has 2 N–H and O–H groups in total. The fourth-order valence-corrected chi connectivity index (χ4v) is 2.98. The molecule has 1 aromatic heterocycles. The Kier molecular flexibility index (Phi) is 5.84. The number of amides is 1. The van der Waals surface area contributed by atoms with Gasteiger partial charge in [0.25, 0.3) is 5.56 Å². The van der Waals surface area contributed by atoms with Gasteiger partial charge >= 0.3 is 0 Å². The second kappa shape index (κ2) is 8.47. The highest BCUT2D eigenvalue weighted by Crippen LogP contribution is 2.16. The maximum atomic E-state index is 12.2. The smallest absolute Gasteiger partial charge is 0.255 e. The van der Waals surface area contributed by atoms with E-state index in [-0.39, 0.29) is 17.5 Å². The van der Waals surface area contributed by atoms with E-state index in [1.54, 1.807) is 12.1 Å². The molecule has 0 bridgehead atoms. The van der Waals surface area contributed by atoms with Gasteiger partial charge in [-0.25, -0.2) is 0 Å². The van der Waals surface area contributed by atoms with Crippen LogP contribution in [0.4, 0.5) is 0 Å². The Balaban J connectivity index is 1.68. The Morgan fingerprint density at radius 1 is 1.11 bits per heavy atom. The number of carbonyl (C=O) groups excluding carboxylic acids is 1. The number of aromatic nitrogens is 1. The van der Waals surface area contributed by atoms with Crippen molar-refractivity contribution in [1.82, 2.24) is 15.2 Å². The van der Waals surface area contributed by atoms with Crippen LogP contribution in [0.1, 0.15) is 17.2 Å². The predicted molar refractivity (Wildman–Crippen MR) is 109 cm³/mol. The average Bonchev–Trinajstić information content (AvgIpc) is 2.67. The molecule has 138 valence electrons. The lowest BCUT2D eigenvalue weighted by Gasteiger charge is -2.24. The number of likely N-dealkylation sites (N-methyl/N-ethyl adjacent to an activating group) is 1. The topological polar surface area (TPSA) is 65.2 Å². The predicted octanol–water partition coefficient (Wildman–Crippen LogP) is 2.96. The van der Waals surface area contributed by atoms with Crippen LogP contribution in [0.3, 0.4) is 0 Å². The second-order valence-corrected chi connectivity index (χ2v) is 6.61. The van der Waals surface area contributed by atoms with E-state index in [1.165, 1.54) is 6.08 Å². The molecule has 3 rings (SSSR count). The molecule has 27 heavy (non-hydrogen) atoms. The van der Waals surface area contributed by atoms with Gasteiger partial charge in [0.1, 0.15) is 0 Å². The zero-order valence-electron chi connectivity index (χ0n) is 15.5.